The third kappa shape index (κ3) is 2.74. The largest absolute Gasteiger partial charge is 0.353 e. The highest BCUT2D eigenvalue weighted by atomic mass is 32.1. The van der Waals surface area contributed by atoms with Crippen LogP contribution in [0.1, 0.15) is 23.3 Å². The third-order valence-electron chi connectivity index (χ3n) is 4.56. The van der Waals surface area contributed by atoms with Crippen LogP contribution in [0.4, 0.5) is 0 Å². The number of carbonyl (C=O) groups excluding carboxylic acids is 2. The van der Waals surface area contributed by atoms with Gasteiger partial charge in [-0.05, 0) is 6.42 Å². The molecule has 0 spiro atoms. The van der Waals surface area contributed by atoms with E-state index in [2.05, 4.69) is 10.3 Å². The van der Waals surface area contributed by atoms with E-state index in [1.165, 1.54) is 11.3 Å². The summed E-state index contributed by atoms with van der Waals surface area (Å²) in [6, 6.07) is 10.1. The number of thiazole rings is 1. The Balaban J connectivity index is 1.49. The number of likely N-dealkylation sites (tertiary alicyclic amines) is 1. The van der Waals surface area contributed by atoms with Crippen LogP contribution in [0.25, 0.3) is 10.6 Å². The van der Waals surface area contributed by atoms with E-state index in [0.717, 1.165) is 17.0 Å². The summed E-state index contributed by atoms with van der Waals surface area (Å²) >= 11 is 1.49. The summed E-state index contributed by atoms with van der Waals surface area (Å²) in [6.45, 7) is 1.32. The van der Waals surface area contributed by atoms with Crippen molar-refractivity contribution in [2.75, 3.05) is 13.1 Å². The van der Waals surface area contributed by atoms with Crippen molar-refractivity contribution in [2.45, 2.75) is 18.9 Å². The smallest absolute Gasteiger partial charge is 0.273 e. The molecular weight excluding hydrogens is 310 g/mol. The van der Waals surface area contributed by atoms with E-state index >= 15 is 0 Å². The summed E-state index contributed by atoms with van der Waals surface area (Å²) in [5.41, 5.74) is 1.53. The van der Waals surface area contributed by atoms with Crippen molar-refractivity contribution in [1.29, 1.82) is 0 Å². The second-order valence-corrected chi connectivity index (χ2v) is 6.94. The van der Waals surface area contributed by atoms with Gasteiger partial charge in [0.2, 0.25) is 5.91 Å². The van der Waals surface area contributed by atoms with Gasteiger partial charge in [0.15, 0.2) is 0 Å². The van der Waals surface area contributed by atoms with Crippen LogP contribution < -0.4 is 5.32 Å². The molecule has 2 aliphatic heterocycles. The molecule has 3 heterocycles. The molecule has 0 saturated carbocycles. The van der Waals surface area contributed by atoms with Crippen molar-refractivity contribution in [1.82, 2.24) is 15.2 Å². The number of benzene rings is 1. The minimum Gasteiger partial charge on any atom is -0.353 e. The monoisotopic (exact) mass is 327 g/mol. The first-order valence-corrected chi connectivity index (χ1v) is 8.68. The van der Waals surface area contributed by atoms with Crippen molar-refractivity contribution in [2.24, 2.45) is 5.92 Å². The lowest BCUT2D eigenvalue weighted by Crippen LogP contribution is -2.47. The summed E-state index contributed by atoms with van der Waals surface area (Å²) in [4.78, 5) is 30.5. The van der Waals surface area contributed by atoms with Crippen LogP contribution in [0.5, 0.6) is 0 Å². The summed E-state index contributed by atoms with van der Waals surface area (Å²) in [6.07, 6.45) is 1.36. The van der Waals surface area contributed by atoms with Crippen LogP contribution in [0, 0.1) is 5.92 Å². The summed E-state index contributed by atoms with van der Waals surface area (Å²) in [7, 11) is 0. The summed E-state index contributed by atoms with van der Waals surface area (Å²) < 4.78 is 0. The van der Waals surface area contributed by atoms with Gasteiger partial charge < -0.3 is 10.2 Å². The Bertz CT molecular complexity index is 743. The Morgan fingerprint density at radius 2 is 2.13 bits per heavy atom. The highest BCUT2D eigenvalue weighted by Crippen LogP contribution is 2.28. The van der Waals surface area contributed by atoms with Crippen LogP contribution in [0.15, 0.2) is 35.7 Å². The molecule has 2 amide bonds. The lowest BCUT2D eigenvalue weighted by molar-refractivity contribution is -0.119. The van der Waals surface area contributed by atoms with E-state index in [1.807, 2.05) is 40.6 Å². The van der Waals surface area contributed by atoms with Gasteiger partial charge in [-0.1, -0.05) is 30.3 Å². The van der Waals surface area contributed by atoms with Gasteiger partial charge in [-0.25, -0.2) is 4.98 Å². The maximum absolute atomic E-state index is 12.7. The van der Waals surface area contributed by atoms with E-state index in [9.17, 15) is 9.59 Å². The number of nitrogens with zero attached hydrogens (tertiary/aromatic N) is 2. The van der Waals surface area contributed by atoms with Crippen molar-refractivity contribution >= 4 is 23.2 Å². The van der Waals surface area contributed by atoms with Crippen molar-refractivity contribution in [3.05, 3.63) is 41.4 Å². The van der Waals surface area contributed by atoms with Crippen LogP contribution in [0.3, 0.4) is 0 Å². The van der Waals surface area contributed by atoms with Gasteiger partial charge in [0.1, 0.15) is 10.7 Å². The lowest BCUT2D eigenvalue weighted by Gasteiger charge is -2.33. The Labute approximate surface area is 138 Å². The number of amides is 2. The molecule has 2 fully saturated rings. The number of carbonyl (C=O) groups is 2. The fourth-order valence-electron chi connectivity index (χ4n) is 3.36. The van der Waals surface area contributed by atoms with Crippen LogP contribution in [0.2, 0.25) is 0 Å². The zero-order chi connectivity index (χ0) is 15.8. The highest BCUT2D eigenvalue weighted by molar-refractivity contribution is 7.13. The SMILES string of the molecule is O=C1C[C@@H]2CN(C(=O)c3csc(-c4ccccc4)n3)CC[C@@H]2N1. The first kappa shape index (κ1) is 14.4. The molecule has 118 valence electrons. The van der Waals surface area contributed by atoms with E-state index in [0.29, 0.717) is 25.2 Å². The Kier molecular flexibility index (Phi) is 3.61. The van der Waals surface area contributed by atoms with E-state index in [4.69, 9.17) is 0 Å². The molecule has 0 aliphatic carbocycles. The normalized spacial score (nSPS) is 23.5. The number of piperidine rings is 1. The Morgan fingerprint density at radius 1 is 1.30 bits per heavy atom. The van der Waals surface area contributed by atoms with Gasteiger partial charge in [0, 0.05) is 42.4 Å². The fourth-order valence-corrected chi connectivity index (χ4v) is 4.16. The molecule has 23 heavy (non-hydrogen) atoms. The van der Waals surface area contributed by atoms with Gasteiger partial charge in [-0.2, -0.15) is 0 Å². The van der Waals surface area contributed by atoms with Crippen molar-refractivity contribution < 1.29 is 9.59 Å². The molecule has 1 N–H and O–H groups in total. The number of nitrogens with one attached hydrogen (secondary N) is 1. The van der Waals surface area contributed by atoms with Gasteiger partial charge in [-0.15, -0.1) is 11.3 Å². The molecule has 0 radical (unpaired) electrons. The van der Waals surface area contributed by atoms with E-state index in [-0.39, 0.29) is 23.8 Å². The van der Waals surface area contributed by atoms with E-state index < -0.39 is 0 Å². The number of hydrogen-bond acceptors (Lipinski definition) is 4. The number of aromatic nitrogens is 1. The number of hydrogen-bond donors (Lipinski definition) is 1. The molecule has 1 aromatic carbocycles. The van der Waals surface area contributed by atoms with Gasteiger partial charge in [0.25, 0.3) is 5.91 Å². The first-order chi connectivity index (χ1) is 11.2. The Morgan fingerprint density at radius 3 is 2.96 bits per heavy atom. The second kappa shape index (κ2) is 5.77. The topological polar surface area (TPSA) is 62.3 Å². The molecular formula is C17H17N3O2S. The lowest BCUT2D eigenvalue weighted by atomic mass is 9.93. The molecule has 1 aromatic heterocycles. The minimum absolute atomic E-state index is 0.0266. The zero-order valence-electron chi connectivity index (χ0n) is 12.6. The molecule has 0 unspecified atom stereocenters. The minimum atomic E-state index is -0.0266. The van der Waals surface area contributed by atoms with Crippen LogP contribution in [-0.4, -0.2) is 40.8 Å². The van der Waals surface area contributed by atoms with Gasteiger partial charge in [0.05, 0.1) is 0 Å². The molecule has 2 aromatic rings. The number of fused-ring (bicyclic) bond motifs is 1. The fraction of sp³-hybridized carbons (Fsp3) is 0.353. The molecule has 4 rings (SSSR count). The predicted octanol–water partition coefficient (Wildman–Crippen LogP) is 2.16. The highest BCUT2D eigenvalue weighted by Gasteiger charge is 2.38. The maximum atomic E-state index is 12.7. The predicted molar refractivity (Wildman–Crippen MR) is 88.1 cm³/mol. The van der Waals surface area contributed by atoms with Crippen LogP contribution >= 0.6 is 11.3 Å². The molecule has 0 bridgehead atoms. The van der Waals surface area contributed by atoms with Crippen LogP contribution in [-0.2, 0) is 4.79 Å². The van der Waals surface area contributed by atoms with E-state index in [1.54, 1.807) is 0 Å². The number of rotatable bonds is 2. The van der Waals surface area contributed by atoms with Crippen molar-refractivity contribution in [3.8, 4) is 10.6 Å². The van der Waals surface area contributed by atoms with Crippen molar-refractivity contribution in [3.63, 3.8) is 0 Å². The molecule has 2 saturated heterocycles. The average Bonchev–Trinajstić information content (AvgIpc) is 3.20. The van der Waals surface area contributed by atoms with Gasteiger partial charge >= 0.3 is 0 Å². The summed E-state index contributed by atoms with van der Waals surface area (Å²) in [5, 5.41) is 5.68. The molecule has 2 atom stereocenters. The second-order valence-electron chi connectivity index (χ2n) is 6.08. The average molecular weight is 327 g/mol. The maximum Gasteiger partial charge on any atom is 0.273 e. The molecule has 5 nitrogen and oxygen atoms in total. The third-order valence-corrected chi connectivity index (χ3v) is 5.45. The molecule has 6 heteroatoms. The standard InChI is InChI=1S/C17H17N3O2S/c21-15-8-12-9-20(7-6-13(12)18-15)17(22)14-10-23-16(19-14)11-4-2-1-3-5-11/h1-5,10,12-13H,6-9H2,(H,18,21)/t12-,13+/m1/s1. The first-order valence-electron chi connectivity index (χ1n) is 7.80. The molecule has 2 aliphatic rings. The summed E-state index contributed by atoms with van der Waals surface area (Å²) in [5.74, 6) is 0.322. The quantitative estimate of drug-likeness (QED) is 0.919. The zero-order valence-corrected chi connectivity index (χ0v) is 13.4. The Hall–Kier alpha value is -2.21. The van der Waals surface area contributed by atoms with Gasteiger partial charge in [-0.3, -0.25) is 9.59 Å².